The van der Waals surface area contributed by atoms with Crippen LogP contribution in [0.4, 0.5) is 5.69 Å². The minimum Gasteiger partial charge on any atom is -0.258 e. The van der Waals surface area contributed by atoms with E-state index in [2.05, 4.69) is 9.97 Å². The molecule has 82 valence electrons. The Bertz CT molecular complexity index is 603. The molecule has 2 aromatic rings. The van der Waals surface area contributed by atoms with E-state index in [0.29, 0.717) is 5.39 Å². The van der Waals surface area contributed by atoms with Crippen molar-refractivity contribution in [2.45, 2.75) is 0 Å². The summed E-state index contributed by atoms with van der Waals surface area (Å²) in [6.07, 6.45) is 0. The third-order valence-corrected chi connectivity index (χ3v) is 2.65. The Kier molecular flexibility index (Phi) is 2.84. The number of hydrogen-bond acceptors (Lipinski definition) is 4. The highest BCUT2D eigenvalue weighted by Gasteiger charge is 2.16. The lowest BCUT2D eigenvalue weighted by Crippen LogP contribution is -1.92. The summed E-state index contributed by atoms with van der Waals surface area (Å²) in [5.41, 5.74) is 0.0288. The van der Waals surface area contributed by atoms with Crippen molar-refractivity contribution in [3.05, 3.63) is 37.7 Å². The van der Waals surface area contributed by atoms with Gasteiger partial charge < -0.3 is 0 Å². The lowest BCUT2D eigenvalue weighted by atomic mass is 10.2. The van der Waals surface area contributed by atoms with Crippen molar-refractivity contribution in [1.82, 2.24) is 9.97 Å². The average Bonchev–Trinajstić information content (AvgIpc) is 2.18. The van der Waals surface area contributed by atoms with Crippen molar-refractivity contribution in [3.8, 4) is 0 Å². The smallest absolute Gasteiger partial charge is 0.258 e. The van der Waals surface area contributed by atoms with Gasteiger partial charge in [0.2, 0.25) is 5.28 Å². The van der Waals surface area contributed by atoms with Gasteiger partial charge in [-0.25, -0.2) is 9.97 Å². The maximum absolute atomic E-state index is 10.6. The Labute approximate surface area is 104 Å². The monoisotopic (exact) mass is 277 g/mol. The normalized spacial score (nSPS) is 10.7. The van der Waals surface area contributed by atoms with E-state index >= 15 is 0 Å². The standard InChI is InChI=1S/C8H2Cl3N3O2/c9-4-1-3-5(2-6(4)14(15)16)12-8(11)13-7(3)10/h1-2H. The van der Waals surface area contributed by atoms with Crippen molar-refractivity contribution in [3.63, 3.8) is 0 Å². The first-order valence-corrected chi connectivity index (χ1v) is 5.09. The number of nitro benzene ring substituents is 1. The van der Waals surface area contributed by atoms with E-state index in [9.17, 15) is 10.1 Å². The molecule has 0 bridgehead atoms. The van der Waals surface area contributed by atoms with Crippen LogP contribution in [0.2, 0.25) is 15.5 Å². The SMILES string of the molecule is O=[N+]([O-])c1cc2nc(Cl)nc(Cl)c2cc1Cl. The molecule has 0 N–H and O–H groups in total. The fourth-order valence-corrected chi connectivity index (χ4v) is 1.90. The molecule has 0 aliphatic heterocycles. The summed E-state index contributed by atoms with van der Waals surface area (Å²) in [5, 5.41) is 11.1. The Morgan fingerprint density at radius 2 is 1.88 bits per heavy atom. The zero-order valence-electron chi connectivity index (χ0n) is 7.45. The molecule has 0 saturated carbocycles. The maximum Gasteiger partial charge on any atom is 0.290 e. The number of halogens is 3. The van der Waals surface area contributed by atoms with Crippen LogP contribution in [0.5, 0.6) is 0 Å². The fraction of sp³-hybridized carbons (Fsp3) is 0. The van der Waals surface area contributed by atoms with Gasteiger partial charge in [-0.05, 0) is 17.7 Å². The van der Waals surface area contributed by atoms with Crippen LogP contribution in [0, 0.1) is 10.1 Å². The minimum atomic E-state index is -0.605. The van der Waals surface area contributed by atoms with E-state index in [-0.39, 0.29) is 26.7 Å². The number of aromatic nitrogens is 2. The molecule has 1 aromatic heterocycles. The summed E-state index contributed by atoms with van der Waals surface area (Å²) in [7, 11) is 0. The Balaban J connectivity index is 2.84. The summed E-state index contributed by atoms with van der Waals surface area (Å²) in [5.74, 6) is 0. The van der Waals surface area contributed by atoms with Gasteiger partial charge >= 0.3 is 0 Å². The van der Waals surface area contributed by atoms with E-state index < -0.39 is 4.92 Å². The molecule has 1 aromatic carbocycles. The number of hydrogen-bond donors (Lipinski definition) is 0. The van der Waals surface area contributed by atoms with Gasteiger partial charge in [0.15, 0.2) is 0 Å². The van der Waals surface area contributed by atoms with Gasteiger partial charge in [0.1, 0.15) is 10.2 Å². The molecule has 0 atom stereocenters. The molecule has 0 aliphatic carbocycles. The highest BCUT2D eigenvalue weighted by molar-refractivity contribution is 6.37. The molecule has 2 rings (SSSR count). The fourth-order valence-electron chi connectivity index (χ4n) is 1.21. The van der Waals surface area contributed by atoms with Gasteiger partial charge in [-0.15, -0.1) is 0 Å². The molecule has 5 nitrogen and oxygen atoms in total. The molecule has 0 spiro atoms. The number of nitro groups is 1. The van der Waals surface area contributed by atoms with Crippen LogP contribution in [0.25, 0.3) is 10.9 Å². The number of fused-ring (bicyclic) bond motifs is 1. The van der Waals surface area contributed by atoms with Crippen molar-refractivity contribution >= 4 is 51.4 Å². The Morgan fingerprint density at radius 3 is 2.50 bits per heavy atom. The average molecular weight is 278 g/mol. The first-order valence-electron chi connectivity index (χ1n) is 3.95. The van der Waals surface area contributed by atoms with Gasteiger partial charge in [-0.3, -0.25) is 10.1 Å². The third-order valence-electron chi connectivity index (χ3n) is 1.89. The molecule has 8 heteroatoms. The Morgan fingerprint density at radius 1 is 1.19 bits per heavy atom. The quantitative estimate of drug-likeness (QED) is 0.346. The van der Waals surface area contributed by atoms with Gasteiger partial charge in [-0.2, -0.15) is 0 Å². The van der Waals surface area contributed by atoms with E-state index in [1.807, 2.05) is 0 Å². The second-order valence-electron chi connectivity index (χ2n) is 2.86. The maximum atomic E-state index is 10.6. The largest absolute Gasteiger partial charge is 0.290 e. The summed E-state index contributed by atoms with van der Waals surface area (Å²) < 4.78 is 0. The van der Waals surface area contributed by atoms with Crippen LogP contribution in [0.1, 0.15) is 0 Å². The minimum absolute atomic E-state index is 0.0228. The lowest BCUT2D eigenvalue weighted by molar-refractivity contribution is -0.384. The van der Waals surface area contributed by atoms with Crippen LogP contribution >= 0.6 is 34.8 Å². The van der Waals surface area contributed by atoms with E-state index in [0.717, 1.165) is 0 Å². The van der Waals surface area contributed by atoms with Crippen LogP contribution in [-0.4, -0.2) is 14.9 Å². The van der Waals surface area contributed by atoms with Crippen molar-refractivity contribution in [2.24, 2.45) is 0 Å². The molecule has 0 unspecified atom stereocenters. The summed E-state index contributed by atoms with van der Waals surface area (Å²) in [6.45, 7) is 0. The van der Waals surface area contributed by atoms with Crippen molar-refractivity contribution in [1.29, 1.82) is 0 Å². The van der Waals surface area contributed by atoms with Crippen LogP contribution in [0.15, 0.2) is 12.1 Å². The number of rotatable bonds is 1. The molecule has 1 heterocycles. The zero-order chi connectivity index (χ0) is 11.9. The van der Waals surface area contributed by atoms with Crippen LogP contribution in [-0.2, 0) is 0 Å². The zero-order valence-corrected chi connectivity index (χ0v) is 9.71. The lowest BCUT2D eigenvalue weighted by Gasteiger charge is -2.01. The highest BCUT2D eigenvalue weighted by atomic mass is 35.5. The number of benzene rings is 1. The summed E-state index contributed by atoms with van der Waals surface area (Å²) in [6, 6.07) is 2.55. The molecule has 0 fully saturated rings. The van der Waals surface area contributed by atoms with Gasteiger partial charge in [0.25, 0.3) is 5.69 Å². The topological polar surface area (TPSA) is 68.9 Å². The molecule has 0 radical (unpaired) electrons. The second-order valence-corrected chi connectivity index (χ2v) is 3.96. The van der Waals surface area contributed by atoms with E-state index in [4.69, 9.17) is 34.8 Å². The third kappa shape index (κ3) is 1.89. The Hall–Kier alpha value is -1.17. The predicted octanol–water partition coefficient (Wildman–Crippen LogP) is 3.50. The molecule has 16 heavy (non-hydrogen) atoms. The van der Waals surface area contributed by atoms with Crippen LogP contribution < -0.4 is 0 Å². The number of nitrogens with zero attached hydrogens (tertiary/aromatic N) is 3. The van der Waals surface area contributed by atoms with Crippen molar-refractivity contribution < 1.29 is 4.92 Å². The van der Waals surface area contributed by atoms with E-state index in [1.54, 1.807) is 0 Å². The first-order chi connectivity index (χ1) is 7.49. The summed E-state index contributed by atoms with van der Waals surface area (Å²) in [4.78, 5) is 17.6. The first kappa shape index (κ1) is 11.3. The van der Waals surface area contributed by atoms with Gasteiger partial charge in [0.05, 0.1) is 10.4 Å². The molecule has 0 saturated heterocycles. The molecular formula is C8H2Cl3N3O2. The van der Waals surface area contributed by atoms with Crippen molar-refractivity contribution in [2.75, 3.05) is 0 Å². The second kappa shape index (κ2) is 4.01. The van der Waals surface area contributed by atoms with E-state index in [1.165, 1.54) is 12.1 Å². The van der Waals surface area contributed by atoms with Gasteiger partial charge in [0, 0.05) is 11.5 Å². The molecule has 0 amide bonds. The molecule has 0 aliphatic rings. The summed E-state index contributed by atoms with van der Waals surface area (Å²) >= 11 is 17.1. The molecular weight excluding hydrogens is 276 g/mol. The predicted molar refractivity (Wildman–Crippen MR) is 61.2 cm³/mol. The highest BCUT2D eigenvalue weighted by Crippen LogP contribution is 2.32. The van der Waals surface area contributed by atoms with Gasteiger partial charge in [-0.1, -0.05) is 23.2 Å². The van der Waals surface area contributed by atoms with Crippen LogP contribution in [0.3, 0.4) is 0 Å².